The molecule has 0 amide bonds. The van der Waals surface area contributed by atoms with Crippen LogP contribution in [0, 0.1) is 18.3 Å². The Morgan fingerprint density at radius 3 is 2.90 bits per heavy atom. The van der Waals surface area contributed by atoms with Gasteiger partial charge in [-0.05, 0) is 25.5 Å². The molecule has 6 nitrogen and oxygen atoms in total. The zero-order valence-electron chi connectivity index (χ0n) is 11.0. The monoisotopic (exact) mass is 294 g/mol. The Bertz CT molecular complexity index is 708. The Balaban J connectivity index is 2.12. The van der Waals surface area contributed by atoms with Crippen LogP contribution in [0.25, 0.3) is 11.7 Å². The van der Waals surface area contributed by atoms with Crippen molar-refractivity contribution < 1.29 is 17.3 Å². The number of nitrogens with zero attached hydrogens (tertiary/aromatic N) is 2. The Labute approximate surface area is 117 Å². The quantitative estimate of drug-likeness (QED) is 0.759. The van der Waals surface area contributed by atoms with Gasteiger partial charge in [0, 0.05) is 6.42 Å². The minimum atomic E-state index is -3.29. The molecule has 0 aliphatic carbocycles. The summed E-state index contributed by atoms with van der Waals surface area (Å²) < 4.78 is 34.4. The molecule has 0 saturated carbocycles. The zero-order chi connectivity index (χ0) is 14.6. The number of rotatable bonds is 6. The van der Waals surface area contributed by atoms with Gasteiger partial charge in [-0.15, -0.1) is 0 Å². The molecule has 0 atom stereocenters. The molecule has 0 bridgehead atoms. The van der Waals surface area contributed by atoms with Crippen molar-refractivity contribution in [3.8, 4) is 17.7 Å². The Morgan fingerprint density at radius 1 is 1.45 bits per heavy atom. The average molecular weight is 294 g/mol. The molecule has 106 valence electrons. The molecule has 20 heavy (non-hydrogen) atoms. The first-order valence-corrected chi connectivity index (χ1v) is 7.91. The maximum absolute atomic E-state index is 11.9. The topological polar surface area (TPSA) is 97.1 Å². The molecular formula is C13H14N2O4S. The summed E-state index contributed by atoms with van der Waals surface area (Å²) in [4.78, 5) is 4.16. The van der Waals surface area contributed by atoms with Crippen LogP contribution in [-0.2, 0) is 15.6 Å². The van der Waals surface area contributed by atoms with Crippen LogP contribution < -0.4 is 0 Å². The van der Waals surface area contributed by atoms with Crippen molar-refractivity contribution in [3.63, 3.8) is 0 Å². The predicted octanol–water partition coefficient (Wildman–Crippen LogP) is 2.46. The minimum absolute atomic E-state index is 0.0249. The smallest absolute Gasteiger partial charge is 0.263 e. The van der Waals surface area contributed by atoms with Gasteiger partial charge in [0.25, 0.3) is 5.89 Å². The maximum Gasteiger partial charge on any atom is 0.263 e. The lowest BCUT2D eigenvalue weighted by Crippen LogP contribution is -2.10. The van der Waals surface area contributed by atoms with E-state index in [0.29, 0.717) is 23.6 Å². The van der Waals surface area contributed by atoms with E-state index in [2.05, 4.69) is 4.98 Å². The summed E-state index contributed by atoms with van der Waals surface area (Å²) in [7, 11) is -3.29. The summed E-state index contributed by atoms with van der Waals surface area (Å²) in [5, 5.41) is 8.42. The van der Waals surface area contributed by atoms with Gasteiger partial charge in [0.15, 0.2) is 15.6 Å². The normalized spacial score (nSPS) is 11.4. The minimum Gasteiger partial charge on any atom is -0.459 e. The SMILES string of the molecule is Cc1oc(-c2ccco2)nc1CS(=O)(=O)CCCC#N. The van der Waals surface area contributed by atoms with E-state index < -0.39 is 9.84 Å². The molecule has 2 aromatic rings. The molecule has 0 saturated heterocycles. The van der Waals surface area contributed by atoms with E-state index in [0.717, 1.165) is 0 Å². The molecule has 0 aliphatic rings. The number of nitriles is 1. The fourth-order valence-corrected chi connectivity index (χ4v) is 3.13. The number of aryl methyl sites for hydroxylation is 1. The van der Waals surface area contributed by atoms with Gasteiger partial charge in [-0.25, -0.2) is 13.4 Å². The van der Waals surface area contributed by atoms with Crippen molar-refractivity contribution in [1.29, 1.82) is 5.26 Å². The van der Waals surface area contributed by atoms with Crippen molar-refractivity contribution in [3.05, 3.63) is 29.9 Å². The molecule has 2 heterocycles. The Hall–Kier alpha value is -2.07. The van der Waals surface area contributed by atoms with Crippen molar-refractivity contribution in [1.82, 2.24) is 4.98 Å². The van der Waals surface area contributed by atoms with E-state index in [9.17, 15) is 8.42 Å². The Morgan fingerprint density at radius 2 is 2.25 bits per heavy atom. The second kappa shape index (κ2) is 5.92. The third kappa shape index (κ3) is 3.48. The van der Waals surface area contributed by atoms with E-state index in [4.69, 9.17) is 14.1 Å². The third-order valence-electron chi connectivity index (χ3n) is 2.73. The lowest BCUT2D eigenvalue weighted by Gasteiger charge is -2.00. The van der Waals surface area contributed by atoms with Crippen LogP contribution in [-0.4, -0.2) is 19.2 Å². The van der Waals surface area contributed by atoms with E-state index in [1.807, 2.05) is 6.07 Å². The van der Waals surface area contributed by atoms with E-state index in [1.54, 1.807) is 19.1 Å². The highest BCUT2D eigenvalue weighted by Crippen LogP contribution is 2.23. The number of hydrogen-bond acceptors (Lipinski definition) is 6. The van der Waals surface area contributed by atoms with Gasteiger partial charge in [0.05, 0.1) is 29.5 Å². The largest absolute Gasteiger partial charge is 0.459 e. The molecule has 0 aromatic carbocycles. The van der Waals surface area contributed by atoms with Gasteiger partial charge in [-0.1, -0.05) is 0 Å². The summed E-state index contributed by atoms with van der Waals surface area (Å²) in [5.74, 6) is 0.980. The fourth-order valence-electron chi connectivity index (χ4n) is 1.72. The van der Waals surface area contributed by atoms with Crippen molar-refractivity contribution in [2.75, 3.05) is 5.75 Å². The highest BCUT2D eigenvalue weighted by atomic mass is 32.2. The summed E-state index contributed by atoms with van der Waals surface area (Å²) >= 11 is 0. The van der Waals surface area contributed by atoms with Gasteiger partial charge in [0.2, 0.25) is 0 Å². The molecular weight excluding hydrogens is 280 g/mol. The van der Waals surface area contributed by atoms with Crippen molar-refractivity contribution >= 4 is 9.84 Å². The van der Waals surface area contributed by atoms with Gasteiger partial charge >= 0.3 is 0 Å². The molecule has 0 aliphatic heterocycles. The summed E-state index contributed by atoms with van der Waals surface area (Å²) in [5.41, 5.74) is 0.383. The van der Waals surface area contributed by atoms with Crippen LogP contribution in [0.15, 0.2) is 27.2 Å². The molecule has 0 spiro atoms. The van der Waals surface area contributed by atoms with E-state index in [-0.39, 0.29) is 23.8 Å². The number of sulfone groups is 1. The van der Waals surface area contributed by atoms with Crippen LogP contribution in [0.3, 0.4) is 0 Å². The maximum atomic E-state index is 11.9. The fraction of sp³-hybridized carbons (Fsp3) is 0.385. The molecule has 2 aromatic heterocycles. The standard InChI is InChI=1S/C13H14N2O4S/c1-10-11(9-20(16,17)8-3-2-6-14)15-13(19-10)12-5-4-7-18-12/h4-5,7H,2-3,8-9H2,1H3. The van der Waals surface area contributed by atoms with Gasteiger partial charge < -0.3 is 8.83 Å². The lowest BCUT2D eigenvalue weighted by atomic mass is 10.4. The number of unbranched alkanes of at least 4 members (excludes halogenated alkanes) is 1. The second-order valence-electron chi connectivity index (χ2n) is 4.35. The lowest BCUT2D eigenvalue weighted by molar-refractivity contribution is 0.500. The van der Waals surface area contributed by atoms with Crippen molar-refractivity contribution in [2.24, 2.45) is 0 Å². The average Bonchev–Trinajstić information content (AvgIpc) is 3.00. The first kappa shape index (κ1) is 14.3. The summed E-state index contributed by atoms with van der Waals surface area (Å²) in [6.45, 7) is 1.67. The van der Waals surface area contributed by atoms with Crippen LogP contribution >= 0.6 is 0 Å². The number of hydrogen-bond donors (Lipinski definition) is 0. The number of furan rings is 1. The van der Waals surface area contributed by atoms with Crippen LogP contribution in [0.5, 0.6) is 0 Å². The summed E-state index contributed by atoms with van der Waals surface area (Å²) in [6, 6.07) is 5.32. The predicted molar refractivity (Wildman–Crippen MR) is 71.3 cm³/mol. The zero-order valence-corrected chi connectivity index (χ0v) is 11.8. The molecule has 0 fully saturated rings. The van der Waals surface area contributed by atoms with Crippen LogP contribution in [0.4, 0.5) is 0 Å². The molecule has 2 rings (SSSR count). The molecule has 0 unspecified atom stereocenters. The first-order chi connectivity index (χ1) is 9.52. The van der Waals surface area contributed by atoms with Crippen molar-refractivity contribution in [2.45, 2.75) is 25.5 Å². The van der Waals surface area contributed by atoms with E-state index in [1.165, 1.54) is 6.26 Å². The molecule has 0 radical (unpaired) electrons. The highest BCUT2D eigenvalue weighted by molar-refractivity contribution is 7.90. The summed E-state index contributed by atoms with van der Waals surface area (Å²) in [6.07, 6.45) is 2.06. The molecule has 0 N–H and O–H groups in total. The van der Waals surface area contributed by atoms with Crippen LogP contribution in [0.1, 0.15) is 24.3 Å². The van der Waals surface area contributed by atoms with Crippen LogP contribution in [0.2, 0.25) is 0 Å². The van der Waals surface area contributed by atoms with Gasteiger partial charge in [-0.3, -0.25) is 0 Å². The van der Waals surface area contributed by atoms with Gasteiger partial charge in [0.1, 0.15) is 5.76 Å². The van der Waals surface area contributed by atoms with Gasteiger partial charge in [-0.2, -0.15) is 5.26 Å². The number of aromatic nitrogens is 1. The highest BCUT2D eigenvalue weighted by Gasteiger charge is 2.19. The van der Waals surface area contributed by atoms with E-state index >= 15 is 0 Å². The Kier molecular flexibility index (Phi) is 4.25. The molecule has 7 heteroatoms. The second-order valence-corrected chi connectivity index (χ2v) is 6.54. The number of oxazole rings is 1. The first-order valence-electron chi connectivity index (χ1n) is 6.09. The third-order valence-corrected chi connectivity index (χ3v) is 4.35.